The standard InChI is InChI=1S/C13H17ClO5S/c1-3-4-5-8-19-13(15)11-9-10(20(14,16)17)6-7-12(11)18-2/h6-7,9H,3-5,8H2,1-2H3. The van der Waals surface area contributed by atoms with Crippen LogP contribution in [-0.4, -0.2) is 28.1 Å². The summed E-state index contributed by atoms with van der Waals surface area (Å²) in [7, 11) is 2.74. The molecule has 0 unspecified atom stereocenters. The van der Waals surface area contributed by atoms with Crippen LogP contribution in [0.2, 0.25) is 0 Å². The Morgan fingerprint density at radius 3 is 2.55 bits per heavy atom. The fourth-order valence-electron chi connectivity index (χ4n) is 1.59. The molecule has 0 aliphatic rings. The third kappa shape index (κ3) is 4.68. The highest BCUT2D eigenvalue weighted by atomic mass is 35.7. The second-order valence-electron chi connectivity index (χ2n) is 4.14. The van der Waals surface area contributed by atoms with Crippen LogP contribution >= 0.6 is 10.7 Å². The van der Waals surface area contributed by atoms with Crippen LogP contribution in [0.4, 0.5) is 0 Å². The van der Waals surface area contributed by atoms with Crippen LogP contribution in [0.15, 0.2) is 23.1 Å². The number of unbranched alkanes of at least 4 members (excludes halogenated alkanes) is 2. The monoisotopic (exact) mass is 320 g/mol. The van der Waals surface area contributed by atoms with Crippen LogP contribution in [0.1, 0.15) is 36.5 Å². The first-order valence-corrected chi connectivity index (χ1v) is 8.51. The molecule has 1 rings (SSSR count). The molecule has 0 saturated heterocycles. The molecule has 0 heterocycles. The van der Waals surface area contributed by atoms with E-state index in [2.05, 4.69) is 0 Å². The first-order valence-electron chi connectivity index (χ1n) is 6.20. The van der Waals surface area contributed by atoms with Crippen LogP contribution in [-0.2, 0) is 13.8 Å². The van der Waals surface area contributed by atoms with Gasteiger partial charge in [0.05, 0.1) is 18.6 Å². The molecular formula is C13H17ClO5S. The zero-order valence-corrected chi connectivity index (χ0v) is 13.0. The van der Waals surface area contributed by atoms with E-state index in [4.69, 9.17) is 20.2 Å². The summed E-state index contributed by atoms with van der Waals surface area (Å²) in [5.41, 5.74) is 0.0470. The Labute approximate surface area is 123 Å². The van der Waals surface area contributed by atoms with Crippen molar-refractivity contribution in [2.45, 2.75) is 31.1 Å². The summed E-state index contributed by atoms with van der Waals surface area (Å²) >= 11 is 0. The molecule has 5 nitrogen and oxygen atoms in total. The summed E-state index contributed by atoms with van der Waals surface area (Å²) in [5, 5.41) is 0. The van der Waals surface area contributed by atoms with Crippen molar-refractivity contribution < 1.29 is 22.7 Å². The van der Waals surface area contributed by atoms with Crippen molar-refractivity contribution in [2.24, 2.45) is 0 Å². The van der Waals surface area contributed by atoms with Gasteiger partial charge in [-0.25, -0.2) is 13.2 Å². The van der Waals surface area contributed by atoms with E-state index in [1.54, 1.807) is 0 Å². The predicted molar refractivity (Wildman–Crippen MR) is 75.8 cm³/mol. The molecule has 0 spiro atoms. The summed E-state index contributed by atoms with van der Waals surface area (Å²) in [6.45, 7) is 2.33. The van der Waals surface area contributed by atoms with Crippen molar-refractivity contribution in [3.05, 3.63) is 23.8 Å². The van der Waals surface area contributed by atoms with E-state index in [9.17, 15) is 13.2 Å². The fourth-order valence-corrected chi connectivity index (χ4v) is 2.37. The molecule has 112 valence electrons. The lowest BCUT2D eigenvalue weighted by Gasteiger charge is -2.09. The Kier molecular flexibility index (Phi) is 6.29. The Balaban J connectivity index is 2.93. The van der Waals surface area contributed by atoms with E-state index in [1.807, 2.05) is 6.92 Å². The van der Waals surface area contributed by atoms with Gasteiger partial charge in [0.2, 0.25) is 0 Å². The van der Waals surface area contributed by atoms with Crippen LogP contribution in [0.3, 0.4) is 0 Å². The zero-order valence-electron chi connectivity index (χ0n) is 11.4. The average Bonchev–Trinajstić information content (AvgIpc) is 2.41. The topological polar surface area (TPSA) is 69.7 Å². The lowest BCUT2D eigenvalue weighted by molar-refractivity contribution is 0.0494. The predicted octanol–water partition coefficient (Wildman–Crippen LogP) is 2.97. The lowest BCUT2D eigenvalue weighted by Crippen LogP contribution is -2.09. The molecule has 1 aromatic rings. The highest BCUT2D eigenvalue weighted by Crippen LogP contribution is 2.25. The van der Waals surface area contributed by atoms with Gasteiger partial charge in [-0.05, 0) is 24.6 Å². The van der Waals surface area contributed by atoms with E-state index in [-0.39, 0.29) is 22.8 Å². The number of halogens is 1. The van der Waals surface area contributed by atoms with Crippen LogP contribution in [0.5, 0.6) is 5.75 Å². The molecule has 0 amide bonds. The van der Waals surface area contributed by atoms with Crippen molar-refractivity contribution in [3.8, 4) is 5.75 Å². The van der Waals surface area contributed by atoms with Crippen molar-refractivity contribution in [1.29, 1.82) is 0 Å². The van der Waals surface area contributed by atoms with Gasteiger partial charge in [-0.15, -0.1) is 0 Å². The van der Waals surface area contributed by atoms with Crippen molar-refractivity contribution in [2.75, 3.05) is 13.7 Å². The minimum atomic E-state index is -3.90. The molecule has 7 heteroatoms. The van der Waals surface area contributed by atoms with E-state index in [0.29, 0.717) is 0 Å². The van der Waals surface area contributed by atoms with Gasteiger partial charge in [-0.2, -0.15) is 0 Å². The zero-order chi connectivity index (χ0) is 15.2. The average molecular weight is 321 g/mol. The van der Waals surface area contributed by atoms with Crippen LogP contribution in [0, 0.1) is 0 Å². The number of carbonyl (C=O) groups is 1. The number of ether oxygens (including phenoxy) is 2. The highest BCUT2D eigenvalue weighted by molar-refractivity contribution is 8.13. The summed E-state index contributed by atoms with van der Waals surface area (Å²) in [6.07, 6.45) is 2.74. The maximum absolute atomic E-state index is 11.9. The van der Waals surface area contributed by atoms with E-state index in [1.165, 1.54) is 19.2 Å². The molecule has 0 atom stereocenters. The van der Waals surface area contributed by atoms with Gasteiger partial charge in [-0.3, -0.25) is 0 Å². The molecule has 0 bridgehead atoms. The minimum absolute atomic E-state index is 0.0470. The van der Waals surface area contributed by atoms with E-state index in [0.717, 1.165) is 25.3 Å². The van der Waals surface area contributed by atoms with Crippen molar-refractivity contribution in [1.82, 2.24) is 0 Å². The number of carbonyl (C=O) groups excluding carboxylic acids is 1. The molecule has 0 aliphatic carbocycles. The van der Waals surface area contributed by atoms with E-state index >= 15 is 0 Å². The van der Waals surface area contributed by atoms with Crippen LogP contribution < -0.4 is 4.74 Å². The molecule has 1 aromatic carbocycles. The Morgan fingerprint density at radius 2 is 2.00 bits per heavy atom. The Morgan fingerprint density at radius 1 is 1.30 bits per heavy atom. The number of hydrogen-bond donors (Lipinski definition) is 0. The van der Waals surface area contributed by atoms with Crippen molar-refractivity contribution in [3.63, 3.8) is 0 Å². The number of methoxy groups -OCH3 is 1. The number of hydrogen-bond acceptors (Lipinski definition) is 5. The summed E-state index contributed by atoms with van der Waals surface area (Å²) in [5.74, 6) is -0.380. The molecule has 0 fully saturated rings. The van der Waals surface area contributed by atoms with Gasteiger partial charge in [-0.1, -0.05) is 19.8 Å². The van der Waals surface area contributed by atoms with Gasteiger partial charge in [0, 0.05) is 10.7 Å². The summed E-state index contributed by atoms with van der Waals surface area (Å²) in [6, 6.07) is 3.80. The number of rotatable bonds is 7. The van der Waals surface area contributed by atoms with Gasteiger partial charge >= 0.3 is 5.97 Å². The normalized spacial score (nSPS) is 11.2. The third-order valence-electron chi connectivity index (χ3n) is 2.65. The van der Waals surface area contributed by atoms with E-state index < -0.39 is 15.0 Å². The molecule has 0 aromatic heterocycles. The SMILES string of the molecule is CCCCCOC(=O)c1cc(S(=O)(=O)Cl)ccc1OC. The maximum atomic E-state index is 11.9. The molecule has 0 radical (unpaired) electrons. The summed E-state index contributed by atoms with van der Waals surface area (Å²) in [4.78, 5) is 11.8. The third-order valence-corrected chi connectivity index (χ3v) is 4.00. The lowest BCUT2D eigenvalue weighted by atomic mass is 10.2. The fraction of sp³-hybridized carbons (Fsp3) is 0.462. The molecule has 0 N–H and O–H groups in total. The maximum Gasteiger partial charge on any atom is 0.341 e. The number of benzene rings is 1. The largest absolute Gasteiger partial charge is 0.496 e. The second-order valence-corrected chi connectivity index (χ2v) is 6.71. The molecule has 0 aliphatic heterocycles. The number of esters is 1. The second kappa shape index (κ2) is 7.50. The van der Waals surface area contributed by atoms with Gasteiger partial charge in [0.15, 0.2) is 0 Å². The van der Waals surface area contributed by atoms with Gasteiger partial charge < -0.3 is 9.47 Å². The Bertz CT molecular complexity index is 568. The smallest absolute Gasteiger partial charge is 0.341 e. The minimum Gasteiger partial charge on any atom is -0.496 e. The molecule has 20 heavy (non-hydrogen) atoms. The van der Waals surface area contributed by atoms with Crippen LogP contribution in [0.25, 0.3) is 0 Å². The van der Waals surface area contributed by atoms with Gasteiger partial charge in [0.1, 0.15) is 11.3 Å². The quantitative estimate of drug-likeness (QED) is 0.439. The highest BCUT2D eigenvalue weighted by Gasteiger charge is 2.19. The summed E-state index contributed by atoms with van der Waals surface area (Å²) < 4.78 is 32.7. The Hall–Kier alpha value is -1.27. The van der Waals surface area contributed by atoms with Crippen molar-refractivity contribution >= 4 is 25.7 Å². The molecular weight excluding hydrogens is 304 g/mol. The molecule has 0 saturated carbocycles. The first kappa shape index (κ1) is 16.8. The first-order chi connectivity index (χ1) is 9.40. The van der Waals surface area contributed by atoms with Gasteiger partial charge in [0.25, 0.3) is 9.05 Å².